The average molecular weight is 336 g/mol. The van der Waals surface area contributed by atoms with Crippen molar-refractivity contribution >= 4 is 29.1 Å². The van der Waals surface area contributed by atoms with Gasteiger partial charge in [0.1, 0.15) is 0 Å². The first-order valence-corrected chi connectivity index (χ1v) is 7.91. The van der Waals surface area contributed by atoms with Crippen molar-refractivity contribution in [2.45, 2.75) is 26.3 Å². The van der Waals surface area contributed by atoms with E-state index in [1.54, 1.807) is 24.1 Å². The fraction of sp³-hybridized carbons (Fsp3) is 0.278. The van der Waals surface area contributed by atoms with E-state index in [2.05, 4.69) is 0 Å². The zero-order chi connectivity index (χ0) is 16.3. The molecule has 0 aliphatic heterocycles. The summed E-state index contributed by atoms with van der Waals surface area (Å²) >= 11 is 12.2. The zero-order valence-electron chi connectivity index (χ0n) is 12.9. The molecule has 0 fully saturated rings. The lowest BCUT2D eigenvalue weighted by molar-refractivity contribution is -0.131. The Morgan fingerprint density at radius 2 is 1.86 bits per heavy atom. The normalized spacial score (nSPS) is 12.0. The van der Waals surface area contributed by atoms with Crippen LogP contribution in [0.1, 0.15) is 29.7 Å². The second-order valence-corrected chi connectivity index (χ2v) is 6.29. The van der Waals surface area contributed by atoms with Crippen molar-refractivity contribution in [3.63, 3.8) is 0 Å². The van der Waals surface area contributed by atoms with E-state index < -0.39 is 0 Å². The van der Waals surface area contributed by atoms with Crippen molar-refractivity contribution in [2.24, 2.45) is 0 Å². The van der Waals surface area contributed by atoms with Gasteiger partial charge in [0.25, 0.3) is 0 Å². The largest absolute Gasteiger partial charge is 0.339 e. The fourth-order valence-electron chi connectivity index (χ4n) is 2.36. The first-order valence-electron chi connectivity index (χ1n) is 7.15. The zero-order valence-corrected chi connectivity index (χ0v) is 14.4. The van der Waals surface area contributed by atoms with Crippen LogP contribution in [0.25, 0.3) is 0 Å². The minimum Gasteiger partial charge on any atom is -0.339 e. The van der Waals surface area contributed by atoms with Gasteiger partial charge in [0.2, 0.25) is 5.91 Å². The van der Waals surface area contributed by atoms with Crippen molar-refractivity contribution in [2.75, 3.05) is 7.05 Å². The van der Waals surface area contributed by atoms with E-state index in [1.165, 1.54) is 0 Å². The van der Waals surface area contributed by atoms with Gasteiger partial charge >= 0.3 is 0 Å². The second kappa shape index (κ2) is 7.17. The summed E-state index contributed by atoms with van der Waals surface area (Å²) in [5.41, 5.74) is 3.07. The Bertz CT molecular complexity index is 685. The molecule has 2 aromatic carbocycles. The highest BCUT2D eigenvalue weighted by Crippen LogP contribution is 2.29. The number of hydrogen-bond donors (Lipinski definition) is 0. The van der Waals surface area contributed by atoms with Gasteiger partial charge < -0.3 is 4.90 Å². The van der Waals surface area contributed by atoms with Crippen molar-refractivity contribution in [3.8, 4) is 0 Å². The van der Waals surface area contributed by atoms with Crippen molar-refractivity contribution in [3.05, 3.63) is 69.2 Å². The summed E-state index contributed by atoms with van der Waals surface area (Å²) in [6, 6.07) is 13.2. The third-order valence-electron chi connectivity index (χ3n) is 3.99. The van der Waals surface area contributed by atoms with Gasteiger partial charge in [-0.2, -0.15) is 0 Å². The molecule has 0 saturated heterocycles. The van der Waals surface area contributed by atoms with E-state index in [4.69, 9.17) is 23.2 Å². The van der Waals surface area contributed by atoms with E-state index in [1.807, 2.05) is 44.2 Å². The summed E-state index contributed by atoms with van der Waals surface area (Å²) in [6.45, 7) is 3.98. The standard InChI is InChI=1S/C18H19Cl2NO/c1-12-6-4-5-7-14(12)10-18(22)21(3)13(2)16-9-8-15(19)11-17(16)20/h4-9,11,13H,10H2,1-3H3. The third-order valence-corrected chi connectivity index (χ3v) is 4.55. The van der Waals surface area contributed by atoms with E-state index in [0.717, 1.165) is 16.7 Å². The number of amides is 1. The van der Waals surface area contributed by atoms with Gasteiger partial charge in [-0.05, 0) is 42.7 Å². The Labute approximate surface area is 141 Å². The van der Waals surface area contributed by atoms with E-state index in [0.29, 0.717) is 16.5 Å². The van der Waals surface area contributed by atoms with E-state index in [-0.39, 0.29) is 11.9 Å². The van der Waals surface area contributed by atoms with Gasteiger partial charge in [-0.15, -0.1) is 0 Å². The molecule has 2 rings (SSSR count). The molecule has 2 nitrogen and oxygen atoms in total. The smallest absolute Gasteiger partial charge is 0.227 e. The number of aryl methyl sites for hydroxylation is 1. The molecule has 116 valence electrons. The summed E-state index contributed by atoms with van der Waals surface area (Å²) < 4.78 is 0. The molecule has 0 aliphatic rings. The molecule has 22 heavy (non-hydrogen) atoms. The Hall–Kier alpha value is -1.51. The predicted molar refractivity (Wildman–Crippen MR) is 92.5 cm³/mol. The number of carbonyl (C=O) groups excluding carboxylic acids is 1. The molecule has 0 heterocycles. The first-order chi connectivity index (χ1) is 10.4. The van der Waals surface area contributed by atoms with E-state index >= 15 is 0 Å². The number of halogens is 2. The molecule has 0 saturated carbocycles. The molecule has 0 spiro atoms. The molecule has 1 unspecified atom stereocenters. The Balaban J connectivity index is 2.14. The van der Waals surface area contributed by atoms with Crippen LogP contribution in [0.15, 0.2) is 42.5 Å². The molecular weight excluding hydrogens is 317 g/mol. The van der Waals surface area contributed by atoms with Crippen molar-refractivity contribution in [1.82, 2.24) is 4.90 Å². The fourth-order valence-corrected chi connectivity index (χ4v) is 2.93. The highest BCUT2D eigenvalue weighted by Gasteiger charge is 2.20. The van der Waals surface area contributed by atoms with Gasteiger partial charge in [0, 0.05) is 17.1 Å². The number of benzene rings is 2. The second-order valence-electron chi connectivity index (χ2n) is 5.45. The van der Waals surface area contributed by atoms with Gasteiger partial charge in [-0.1, -0.05) is 53.5 Å². The summed E-state index contributed by atoms with van der Waals surface area (Å²) in [6.07, 6.45) is 0.388. The van der Waals surface area contributed by atoms with Crippen molar-refractivity contribution < 1.29 is 4.79 Å². The lowest BCUT2D eigenvalue weighted by Crippen LogP contribution is -2.31. The van der Waals surface area contributed by atoms with Crippen LogP contribution in [0.4, 0.5) is 0 Å². The maximum Gasteiger partial charge on any atom is 0.227 e. The van der Waals surface area contributed by atoms with Gasteiger partial charge in [0.05, 0.1) is 12.5 Å². The molecule has 4 heteroatoms. The minimum atomic E-state index is -0.110. The maximum absolute atomic E-state index is 12.5. The van der Waals surface area contributed by atoms with Crippen LogP contribution >= 0.6 is 23.2 Å². The number of rotatable bonds is 4. The maximum atomic E-state index is 12.5. The summed E-state index contributed by atoms with van der Waals surface area (Å²) in [5, 5.41) is 1.17. The quantitative estimate of drug-likeness (QED) is 0.764. The van der Waals surface area contributed by atoms with Crippen LogP contribution in [0, 0.1) is 6.92 Å². The molecular formula is C18H19Cl2NO. The molecule has 1 atom stereocenters. The summed E-state index contributed by atoms with van der Waals surface area (Å²) in [7, 11) is 1.80. The summed E-state index contributed by atoms with van der Waals surface area (Å²) in [4.78, 5) is 14.2. The van der Waals surface area contributed by atoms with Gasteiger partial charge in [-0.25, -0.2) is 0 Å². The molecule has 2 aromatic rings. The van der Waals surface area contributed by atoms with Crippen LogP contribution in [0.3, 0.4) is 0 Å². The molecule has 0 aromatic heterocycles. The average Bonchev–Trinajstić information content (AvgIpc) is 2.48. The summed E-state index contributed by atoms with van der Waals surface area (Å²) in [5.74, 6) is 0.0628. The number of carbonyl (C=O) groups is 1. The van der Waals surface area contributed by atoms with Crippen LogP contribution in [-0.2, 0) is 11.2 Å². The third kappa shape index (κ3) is 3.82. The Morgan fingerprint density at radius 3 is 2.50 bits per heavy atom. The first kappa shape index (κ1) is 16.9. The van der Waals surface area contributed by atoms with Crippen LogP contribution in [0.2, 0.25) is 10.0 Å². The lowest BCUT2D eigenvalue weighted by atomic mass is 10.0. The van der Waals surface area contributed by atoms with Crippen LogP contribution < -0.4 is 0 Å². The van der Waals surface area contributed by atoms with E-state index in [9.17, 15) is 4.79 Å². The molecule has 0 radical (unpaired) electrons. The van der Waals surface area contributed by atoms with Crippen molar-refractivity contribution in [1.29, 1.82) is 0 Å². The highest BCUT2D eigenvalue weighted by molar-refractivity contribution is 6.35. The molecule has 0 bridgehead atoms. The lowest BCUT2D eigenvalue weighted by Gasteiger charge is -2.26. The minimum absolute atomic E-state index is 0.0628. The number of nitrogens with zero attached hydrogens (tertiary/aromatic N) is 1. The van der Waals surface area contributed by atoms with Gasteiger partial charge in [0.15, 0.2) is 0 Å². The highest BCUT2D eigenvalue weighted by atomic mass is 35.5. The van der Waals surface area contributed by atoms with Crippen LogP contribution in [0.5, 0.6) is 0 Å². The Kier molecular flexibility index (Phi) is 5.49. The van der Waals surface area contributed by atoms with Crippen LogP contribution in [-0.4, -0.2) is 17.9 Å². The molecule has 0 N–H and O–H groups in total. The molecule has 1 amide bonds. The Morgan fingerprint density at radius 1 is 1.18 bits per heavy atom. The predicted octanol–water partition coefficient (Wildman–Crippen LogP) is 5.06. The topological polar surface area (TPSA) is 20.3 Å². The number of hydrogen-bond acceptors (Lipinski definition) is 1. The molecule has 0 aliphatic carbocycles. The SMILES string of the molecule is Cc1ccccc1CC(=O)N(C)C(C)c1ccc(Cl)cc1Cl. The monoisotopic (exact) mass is 335 g/mol. The number of likely N-dealkylation sites (N-methyl/N-ethyl adjacent to an activating group) is 1. The van der Waals surface area contributed by atoms with Gasteiger partial charge in [-0.3, -0.25) is 4.79 Å².